The molecule has 0 fully saturated rings. The van der Waals surface area contributed by atoms with E-state index in [0.29, 0.717) is 23.6 Å². The highest BCUT2D eigenvalue weighted by atomic mass is 16.5. The van der Waals surface area contributed by atoms with Crippen LogP contribution in [0, 0.1) is 0 Å². The van der Waals surface area contributed by atoms with Crippen molar-refractivity contribution in [3.8, 4) is 11.6 Å². The van der Waals surface area contributed by atoms with Crippen molar-refractivity contribution < 1.29 is 4.74 Å². The minimum atomic E-state index is -0.156. The van der Waals surface area contributed by atoms with E-state index < -0.39 is 0 Å². The molecule has 0 spiro atoms. The van der Waals surface area contributed by atoms with Gasteiger partial charge in [-0.05, 0) is 29.1 Å². The molecule has 0 aliphatic rings. The van der Waals surface area contributed by atoms with Crippen molar-refractivity contribution in [3.05, 3.63) is 70.5 Å². The summed E-state index contributed by atoms with van der Waals surface area (Å²) in [5, 5.41) is 1.50. The maximum atomic E-state index is 11.9. The number of hydrogen-bond acceptors (Lipinski definition) is 3. The Balaban J connectivity index is 1.96. The highest BCUT2D eigenvalue weighted by molar-refractivity contribution is 5.82. The lowest BCUT2D eigenvalue weighted by Gasteiger charge is -2.07. The summed E-state index contributed by atoms with van der Waals surface area (Å²) in [5.41, 5.74) is 6.42. The van der Waals surface area contributed by atoms with Crippen LogP contribution in [-0.2, 0) is 6.54 Å². The summed E-state index contributed by atoms with van der Waals surface area (Å²) in [7, 11) is 0. The topological polar surface area (TPSA) is 68.1 Å². The summed E-state index contributed by atoms with van der Waals surface area (Å²) in [6.07, 6.45) is 0. The molecule has 0 bridgehead atoms. The lowest BCUT2D eigenvalue weighted by Crippen LogP contribution is -2.06. The molecule has 0 aliphatic carbocycles. The van der Waals surface area contributed by atoms with Crippen molar-refractivity contribution >= 4 is 10.8 Å². The van der Waals surface area contributed by atoms with Gasteiger partial charge in [0.15, 0.2) is 0 Å². The van der Waals surface area contributed by atoms with E-state index in [0.717, 1.165) is 10.9 Å². The maximum absolute atomic E-state index is 11.9. The molecule has 0 atom stereocenters. The van der Waals surface area contributed by atoms with Crippen molar-refractivity contribution in [1.82, 2.24) is 4.98 Å². The summed E-state index contributed by atoms with van der Waals surface area (Å²) in [5.74, 6) is 1.09. The number of H-pyrrole nitrogens is 1. The predicted octanol–water partition coefficient (Wildman–Crippen LogP) is 2.78. The summed E-state index contributed by atoms with van der Waals surface area (Å²) < 4.78 is 5.67. The Kier molecular flexibility index (Phi) is 3.23. The van der Waals surface area contributed by atoms with Crippen LogP contribution in [0.5, 0.6) is 11.6 Å². The molecule has 2 aromatic carbocycles. The summed E-state index contributed by atoms with van der Waals surface area (Å²) in [4.78, 5) is 14.7. The van der Waals surface area contributed by atoms with Gasteiger partial charge in [-0.25, -0.2) is 0 Å². The molecule has 0 aliphatic heterocycles. The second kappa shape index (κ2) is 5.19. The second-order valence-corrected chi connectivity index (χ2v) is 4.50. The molecule has 3 rings (SSSR count). The fraction of sp³-hybridized carbons (Fsp3) is 0.0625. The van der Waals surface area contributed by atoms with E-state index in [9.17, 15) is 4.79 Å². The first kappa shape index (κ1) is 12.4. The Morgan fingerprint density at radius 1 is 1.05 bits per heavy atom. The fourth-order valence-electron chi connectivity index (χ4n) is 2.06. The molecule has 1 heterocycles. The van der Waals surface area contributed by atoms with E-state index in [1.807, 2.05) is 48.5 Å². The van der Waals surface area contributed by atoms with Gasteiger partial charge in [-0.15, -0.1) is 0 Å². The zero-order chi connectivity index (χ0) is 13.9. The van der Waals surface area contributed by atoms with Gasteiger partial charge in [0.2, 0.25) is 5.88 Å². The van der Waals surface area contributed by atoms with Gasteiger partial charge in [0, 0.05) is 18.0 Å². The van der Waals surface area contributed by atoms with Crippen molar-refractivity contribution in [3.63, 3.8) is 0 Å². The number of aromatic nitrogens is 1. The standard InChI is InChI=1S/C16H14N2O2/c17-10-11-5-7-13(8-6-11)20-15-9-12-3-1-2-4-14(12)16(19)18-15/h1-9H,10,17H2,(H,18,19). The second-order valence-electron chi connectivity index (χ2n) is 4.50. The van der Waals surface area contributed by atoms with E-state index in [2.05, 4.69) is 4.98 Å². The maximum Gasteiger partial charge on any atom is 0.258 e. The molecule has 0 unspecified atom stereocenters. The van der Waals surface area contributed by atoms with Crippen LogP contribution in [0.25, 0.3) is 10.8 Å². The molecule has 1 aromatic heterocycles. The van der Waals surface area contributed by atoms with Gasteiger partial charge in [0.1, 0.15) is 5.75 Å². The molecule has 0 saturated heterocycles. The Hall–Kier alpha value is -2.59. The van der Waals surface area contributed by atoms with Gasteiger partial charge in [0.25, 0.3) is 5.56 Å². The SMILES string of the molecule is NCc1ccc(Oc2cc3ccccc3c(=O)[nH]2)cc1. The Morgan fingerprint density at radius 2 is 1.80 bits per heavy atom. The zero-order valence-corrected chi connectivity index (χ0v) is 10.8. The van der Waals surface area contributed by atoms with Crippen molar-refractivity contribution in [2.45, 2.75) is 6.54 Å². The Bertz CT molecular complexity index is 791. The largest absolute Gasteiger partial charge is 0.441 e. The van der Waals surface area contributed by atoms with Gasteiger partial charge in [-0.1, -0.05) is 30.3 Å². The zero-order valence-electron chi connectivity index (χ0n) is 10.8. The molecule has 3 N–H and O–H groups in total. The number of ether oxygens (including phenoxy) is 1. The highest BCUT2D eigenvalue weighted by Crippen LogP contribution is 2.21. The summed E-state index contributed by atoms with van der Waals surface area (Å²) in [6, 6.07) is 16.7. The van der Waals surface area contributed by atoms with E-state index in [1.165, 1.54) is 0 Å². The van der Waals surface area contributed by atoms with Crippen molar-refractivity contribution in [2.75, 3.05) is 0 Å². The first-order chi connectivity index (χ1) is 9.76. The van der Waals surface area contributed by atoms with E-state index in [-0.39, 0.29) is 5.56 Å². The molecule has 4 heteroatoms. The molecule has 0 radical (unpaired) electrons. The van der Waals surface area contributed by atoms with Gasteiger partial charge >= 0.3 is 0 Å². The number of aromatic amines is 1. The summed E-state index contributed by atoms with van der Waals surface area (Å²) >= 11 is 0. The lowest BCUT2D eigenvalue weighted by molar-refractivity contribution is 0.462. The minimum Gasteiger partial charge on any atom is -0.441 e. The van der Waals surface area contributed by atoms with Crippen LogP contribution >= 0.6 is 0 Å². The highest BCUT2D eigenvalue weighted by Gasteiger charge is 2.03. The third kappa shape index (κ3) is 2.41. The number of nitrogens with one attached hydrogen (secondary N) is 1. The molecule has 3 aromatic rings. The number of rotatable bonds is 3. The van der Waals surface area contributed by atoms with E-state index >= 15 is 0 Å². The van der Waals surface area contributed by atoms with Crippen LogP contribution in [0.2, 0.25) is 0 Å². The average molecular weight is 266 g/mol. The van der Waals surface area contributed by atoms with Crippen LogP contribution in [-0.4, -0.2) is 4.98 Å². The predicted molar refractivity (Wildman–Crippen MR) is 79.0 cm³/mol. The first-order valence-electron chi connectivity index (χ1n) is 6.35. The number of benzene rings is 2. The number of fused-ring (bicyclic) bond motifs is 1. The van der Waals surface area contributed by atoms with Crippen molar-refractivity contribution in [2.24, 2.45) is 5.73 Å². The third-order valence-corrected chi connectivity index (χ3v) is 3.12. The number of pyridine rings is 1. The van der Waals surface area contributed by atoms with Crippen LogP contribution in [0.15, 0.2) is 59.4 Å². The smallest absolute Gasteiger partial charge is 0.258 e. The van der Waals surface area contributed by atoms with Crippen LogP contribution < -0.4 is 16.0 Å². The minimum absolute atomic E-state index is 0.156. The third-order valence-electron chi connectivity index (χ3n) is 3.12. The molecule has 100 valence electrons. The van der Waals surface area contributed by atoms with Crippen LogP contribution in [0.1, 0.15) is 5.56 Å². The van der Waals surface area contributed by atoms with Gasteiger partial charge in [0.05, 0.1) is 0 Å². The molecule has 0 amide bonds. The average Bonchev–Trinajstić information content (AvgIpc) is 2.48. The molecule has 0 saturated carbocycles. The number of nitrogens with two attached hydrogens (primary N) is 1. The summed E-state index contributed by atoms with van der Waals surface area (Å²) in [6.45, 7) is 0.493. The molecule has 4 nitrogen and oxygen atoms in total. The van der Waals surface area contributed by atoms with Crippen LogP contribution in [0.4, 0.5) is 0 Å². The van der Waals surface area contributed by atoms with Gasteiger partial charge in [-0.2, -0.15) is 0 Å². The molecule has 20 heavy (non-hydrogen) atoms. The monoisotopic (exact) mass is 266 g/mol. The van der Waals surface area contributed by atoms with Crippen molar-refractivity contribution in [1.29, 1.82) is 0 Å². The quantitative estimate of drug-likeness (QED) is 0.766. The van der Waals surface area contributed by atoms with Crippen LogP contribution in [0.3, 0.4) is 0 Å². The fourth-order valence-corrected chi connectivity index (χ4v) is 2.06. The molecular formula is C16H14N2O2. The van der Waals surface area contributed by atoms with E-state index in [1.54, 1.807) is 6.07 Å². The molecular weight excluding hydrogens is 252 g/mol. The number of hydrogen-bond donors (Lipinski definition) is 2. The van der Waals surface area contributed by atoms with Gasteiger partial charge in [-0.3, -0.25) is 9.78 Å². The Morgan fingerprint density at radius 3 is 2.55 bits per heavy atom. The lowest BCUT2D eigenvalue weighted by atomic mass is 10.2. The normalized spacial score (nSPS) is 10.7. The van der Waals surface area contributed by atoms with Gasteiger partial charge < -0.3 is 10.5 Å². The first-order valence-corrected chi connectivity index (χ1v) is 6.35. The Labute approximate surface area is 115 Å². The van der Waals surface area contributed by atoms with E-state index in [4.69, 9.17) is 10.5 Å².